The molecule has 29 heavy (non-hydrogen) atoms. The Hall–Kier alpha value is -1.30. The summed E-state index contributed by atoms with van der Waals surface area (Å²) in [6.07, 6.45) is 9.99. The molecule has 3 rings (SSSR count). The minimum absolute atomic E-state index is 0.138. The van der Waals surface area contributed by atoms with E-state index >= 15 is 0 Å². The second kappa shape index (κ2) is 10.1. The van der Waals surface area contributed by atoms with E-state index in [0.29, 0.717) is 24.4 Å². The Labute approximate surface area is 176 Å². The molecule has 2 heterocycles. The first-order valence-corrected chi connectivity index (χ1v) is 11.8. The number of hydrogen-bond donors (Lipinski definition) is 2. The summed E-state index contributed by atoms with van der Waals surface area (Å²) in [5.41, 5.74) is -0.465. The van der Waals surface area contributed by atoms with Crippen molar-refractivity contribution in [2.45, 2.75) is 90.2 Å². The summed E-state index contributed by atoms with van der Waals surface area (Å²) < 4.78 is 5.30. The number of amides is 2. The lowest BCUT2D eigenvalue weighted by Gasteiger charge is -2.44. The third kappa shape index (κ3) is 6.87. The van der Waals surface area contributed by atoms with E-state index in [4.69, 9.17) is 4.74 Å². The number of piperidine rings is 2. The molecule has 3 aliphatic rings. The van der Waals surface area contributed by atoms with Gasteiger partial charge in [0.25, 0.3) is 0 Å². The molecule has 1 aliphatic carbocycles. The van der Waals surface area contributed by atoms with Gasteiger partial charge in [0.1, 0.15) is 5.60 Å². The van der Waals surface area contributed by atoms with E-state index in [1.54, 1.807) is 0 Å². The van der Waals surface area contributed by atoms with Gasteiger partial charge in [0.05, 0.1) is 0 Å². The fraction of sp³-hybridized carbons (Fsp3) is 0.913. The molecule has 3 fully saturated rings. The highest BCUT2D eigenvalue weighted by molar-refractivity contribution is 5.78. The lowest BCUT2D eigenvalue weighted by molar-refractivity contribution is -0.126. The second-order valence-electron chi connectivity index (χ2n) is 10.3. The molecular weight excluding hydrogens is 366 g/mol. The number of carbonyl (C=O) groups excluding carboxylic acids is 2. The van der Waals surface area contributed by atoms with E-state index in [-0.39, 0.29) is 17.9 Å². The first-order chi connectivity index (χ1) is 13.8. The topological polar surface area (TPSA) is 70.7 Å². The van der Waals surface area contributed by atoms with Gasteiger partial charge in [-0.1, -0.05) is 6.42 Å². The maximum atomic E-state index is 12.7. The predicted octanol–water partition coefficient (Wildman–Crippen LogP) is 3.70. The average molecular weight is 408 g/mol. The van der Waals surface area contributed by atoms with Gasteiger partial charge in [0.15, 0.2) is 0 Å². The predicted molar refractivity (Wildman–Crippen MR) is 115 cm³/mol. The van der Waals surface area contributed by atoms with Gasteiger partial charge in [0.2, 0.25) is 5.91 Å². The molecule has 2 atom stereocenters. The van der Waals surface area contributed by atoms with E-state index in [1.807, 2.05) is 20.8 Å². The monoisotopic (exact) mass is 407 g/mol. The highest BCUT2D eigenvalue weighted by Crippen LogP contribution is 2.31. The maximum absolute atomic E-state index is 12.7. The fourth-order valence-electron chi connectivity index (χ4n) is 5.36. The summed E-state index contributed by atoms with van der Waals surface area (Å²) in [4.78, 5) is 27.2. The Bertz CT molecular complexity index is 550. The minimum atomic E-state index is -0.465. The third-order valence-electron chi connectivity index (χ3n) is 6.92. The highest BCUT2D eigenvalue weighted by atomic mass is 16.6. The van der Waals surface area contributed by atoms with Crippen molar-refractivity contribution in [1.29, 1.82) is 0 Å². The smallest absolute Gasteiger partial charge is 0.407 e. The lowest BCUT2D eigenvalue weighted by atomic mass is 9.81. The van der Waals surface area contributed by atoms with Crippen LogP contribution in [-0.4, -0.2) is 54.7 Å². The minimum Gasteiger partial charge on any atom is -0.444 e. The molecule has 2 N–H and O–H groups in total. The molecule has 0 spiro atoms. The van der Waals surface area contributed by atoms with Gasteiger partial charge < -0.3 is 20.3 Å². The van der Waals surface area contributed by atoms with E-state index in [0.717, 1.165) is 32.2 Å². The lowest BCUT2D eigenvalue weighted by Crippen LogP contribution is -2.51. The molecule has 1 saturated carbocycles. The Morgan fingerprint density at radius 2 is 1.62 bits per heavy atom. The highest BCUT2D eigenvalue weighted by Gasteiger charge is 2.34. The number of hydrogen-bond acceptors (Lipinski definition) is 4. The molecule has 2 aliphatic heterocycles. The molecule has 2 saturated heterocycles. The van der Waals surface area contributed by atoms with Crippen molar-refractivity contribution in [3.05, 3.63) is 0 Å². The maximum Gasteiger partial charge on any atom is 0.407 e. The fourth-order valence-corrected chi connectivity index (χ4v) is 5.36. The van der Waals surface area contributed by atoms with E-state index < -0.39 is 5.60 Å². The Kier molecular flexibility index (Phi) is 7.83. The number of alkyl carbamates (subject to hydrolysis) is 1. The number of carbonyl (C=O) groups is 2. The van der Waals surface area contributed by atoms with Crippen LogP contribution in [0.3, 0.4) is 0 Å². The van der Waals surface area contributed by atoms with Crippen LogP contribution >= 0.6 is 0 Å². The van der Waals surface area contributed by atoms with Crippen molar-refractivity contribution in [3.8, 4) is 0 Å². The third-order valence-corrected chi connectivity index (χ3v) is 6.92. The largest absolute Gasteiger partial charge is 0.444 e. The van der Waals surface area contributed by atoms with Crippen LogP contribution in [-0.2, 0) is 9.53 Å². The summed E-state index contributed by atoms with van der Waals surface area (Å²) in [6.45, 7) is 9.59. The number of fused-ring (bicyclic) bond motifs is 1. The van der Waals surface area contributed by atoms with E-state index in [2.05, 4.69) is 15.5 Å². The molecule has 166 valence electrons. The molecule has 0 bridgehead atoms. The SMILES string of the molecule is CC(C)(C)OC(=O)NCC1CCC(C(=O)NC[C@@H]2CCCN3CCCCC23)CC1. The quantitative estimate of drug-likeness (QED) is 0.729. The Balaban J connectivity index is 1.34. The normalized spacial score (nSPS) is 30.9. The van der Waals surface area contributed by atoms with Crippen LogP contribution < -0.4 is 10.6 Å². The second-order valence-corrected chi connectivity index (χ2v) is 10.3. The van der Waals surface area contributed by atoms with Crippen molar-refractivity contribution in [2.75, 3.05) is 26.2 Å². The Morgan fingerprint density at radius 3 is 2.34 bits per heavy atom. The van der Waals surface area contributed by atoms with Gasteiger partial charge in [0, 0.05) is 25.0 Å². The molecule has 0 aromatic carbocycles. The van der Waals surface area contributed by atoms with E-state index in [1.165, 1.54) is 45.2 Å². The van der Waals surface area contributed by atoms with Gasteiger partial charge in [-0.05, 0) is 97.1 Å². The summed E-state index contributed by atoms with van der Waals surface area (Å²) >= 11 is 0. The van der Waals surface area contributed by atoms with Crippen molar-refractivity contribution in [3.63, 3.8) is 0 Å². The summed E-state index contributed by atoms with van der Waals surface area (Å²) in [5, 5.41) is 6.17. The van der Waals surface area contributed by atoms with Gasteiger partial charge in [-0.3, -0.25) is 4.79 Å². The number of ether oxygens (including phenoxy) is 1. The van der Waals surface area contributed by atoms with Crippen LogP contribution in [0.5, 0.6) is 0 Å². The molecule has 0 radical (unpaired) electrons. The van der Waals surface area contributed by atoms with Crippen LogP contribution in [0.25, 0.3) is 0 Å². The standard InChI is InChI=1S/C23H41N3O3/c1-23(2,3)29-22(28)25-15-17-9-11-18(12-10-17)21(27)24-16-19-7-6-14-26-13-5-4-8-20(19)26/h17-20H,4-16H2,1-3H3,(H,24,27)(H,25,28)/t17?,18?,19-,20?/m0/s1. The van der Waals surface area contributed by atoms with Gasteiger partial charge in [-0.2, -0.15) is 0 Å². The van der Waals surface area contributed by atoms with Crippen molar-refractivity contribution in [1.82, 2.24) is 15.5 Å². The average Bonchev–Trinajstić information content (AvgIpc) is 2.69. The van der Waals surface area contributed by atoms with Gasteiger partial charge >= 0.3 is 6.09 Å². The van der Waals surface area contributed by atoms with Crippen LogP contribution in [0.15, 0.2) is 0 Å². The number of rotatable bonds is 5. The molecule has 6 nitrogen and oxygen atoms in total. The van der Waals surface area contributed by atoms with Gasteiger partial charge in [-0.25, -0.2) is 4.79 Å². The first kappa shape index (κ1) is 22.4. The zero-order valence-electron chi connectivity index (χ0n) is 18.7. The molecule has 1 unspecified atom stereocenters. The van der Waals surface area contributed by atoms with Crippen LogP contribution in [0.4, 0.5) is 4.79 Å². The number of nitrogens with zero attached hydrogens (tertiary/aromatic N) is 1. The van der Waals surface area contributed by atoms with Crippen molar-refractivity contribution in [2.24, 2.45) is 17.8 Å². The van der Waals surface area contributed by atoms with Crippen LogP contribution in [0.1, 0.15) is 78.6 Å². The number of nitrogens with one attached hydrogen (secondary N) is 2. The molecule has 2 amide bonds. The Morgan fingerprint density at radius 1 is 0.897 bits per heavy atom. The first-order valence-electron chi connectivity index (χ1n) is 11.8. The molecular formula is C23H41N3O3. The van der Waals surface area contributed by atoms with Crippen molar-refractivity contribution >= 4 is 12.0 Å². The van der Waals surface area contributed by atoms with Gasteiger partial charge in [-0.15, -0.1) is 0 Å². The van der Waals surface area contributed by atoms with Crippen molar-refractivity contribution < 1.29 is 14.3 Å². The molecule has 6 heteroatoms. The van der Waals surface area contributed by atoms with Crippen LogP contribution in [0, 0.1) is 17.8 Å². The summed E-state index contributed by atoms with van der Waals surface area (Å²) in [7, 11) is 0. The molecule has 0 aromatic rings. The summed E-state index contributed by atoms with van der Waals surface area (Å²) in [6, 6.07) is 0.687. The zero-order chi connectivity index (χ0) is 20.9. The van der Waals surface area contributed by atoms with Crippen LogP contribution in [0.2, 0.25) is 0 Å². The summed E-state index contributed by atoms with van der Waals surface area (Å²) in [5.74, 6) is 1.46. The zero-order valence-corrected chi connectivity index (χ0v) is 18.7. The molecule has 0 aromatic heterocycles. The van der Waals surface area contributed by atoms with E-state index in [9.17, 15) is 9.59 Å².